The Morgan fingerprint density at radius 2 is 1.72 bits per heavy atom. The van der Waals surface area contributed by atoms with E-state index in [4.69, 9.17) is 14.5 Å². The van der Waals surface area contributed by atoms with E-state index in [9.17, 15) is 0 Å². The average molecular weight is 425 g/mol. The molecule has 0 bridgehead atoms. The molecular formula is C20H23BrClNO2. The summed E-state index contributed by atoms with van der Waals surface area (Å²) in [6, 6.07) is 12.4. The van der Waals surface area contributed by atoms with Crippen molar-refractivity contribution >= 4 is 34.0 Å². The number of halogens is 2. The lowest BCUT2D eigenvalue weighted by molar-refractivity contribution is 0.353. The molecule has 0 saturated carbocycles. The standard InChI is InChI=1S/C20H22BrNO2.ClH/c1-20(2)12-14-10-18(23-3)19(24-4)11-15(14)17(22-20)9-13-7-5-6-8-16(13)21;/h5-8,10-11H,9,12H2,1-4H3;1H. The zero-order chi connectivity index (χ0) is 17.3. The number of methoxy groups -OCH3 is 2. The van der Waals surface area contributed by atoms with Crippen LogP contribution in [0.5, 0.6) is 11.5 Å². The summed E-state index contributed by atoms with van der Waals surface area (Å²) in [7, 11) is 3.34. The van der Waals surface area contributed by atoms with E-state index >= 15 is 0 Å². The minimum Gasteiger partial charge on any atom is -0.493 e. The van der Waals surface area contributed by atoms with Gasteiger partial charge in [0.15, 0.2) is 11.5 Å². The molecule has 1 aliphatic heterocycles. The number of fused-ring (bicyclic) bond motifs is 1. The molecule has 0 saturated heterocycles. The van der Waals surface area contributed by atoms with Crippen molar-refractivity contribution in [3.63, 3.8) is 0 Å². The first-order chi connectivity index (χ1) is 11.4. The van der Waals surface area contributed by atoms with Crippen molar-refractivity contribution in [1.82, 2.24) is 0 Å². The van der Waals surface area contributed by atoms with Crippen molar-refractivity contribution in [1.29, 1.82) is 0 Å². The predicted octanol–water partition coefficient (Wildman–Crippen LogP) is 5.25. The fourth-order valence-corrected chi connectivity index (χ4v) is 3.65. The molecule has 0 spiro atoms. The SMILES string of the molecule is COc1cc2c(cc1OC)C(Cc1ccccc1Br)=NC(C)(C)C2.Cl. The second-order valence-electron chi connectivity index (χ2n) is 6.68. The van der Waals surface area contributed by atoms with Gasteiger partial charge in [-0.25, -0.2) is 0 Å². The van der Waals surface area contributed by atoms with Gasteiger partial charge >= 0.3 is 0 Å². The van der Waals surface area contributed by atoms with Gasteiger partial charge in [0.1, 0.15) is 0 Å². The Labute approximate surface area is 164 Å². The predicted molar refractivity (Wildman–Crippen MR) is 109 cm³/mol. The van der Waals surface area contributed by atoms with Gasteiger partial charge in [0.05, 0.1) is 19.8 Å². The molecule has 1 heterocycles. The molecule has 1 aliphatic rings. The van der Waals surface area contributed by atoms with Gasteiger partial charge < -0.3 is 9.47 Å². The highest BCUT2D eigenvalue weighted by atomic mass is 79.9. The van der Waals surface area contributed by atoms with Gasteiger partial charge in [-0.2, -0.15) is 0 Å². The number of benzene rings is 2. The lowest BCUT2D eigenvalue weighted by Crippen LogP contribution is -2.30. The van der Waals surface area contributed by atoms with Crippen LogP contribution < -0.4 is 9.47 Å². The van der Waals surface area contributed by atoms with Crippen molar-refractivity contribution in [3.05, 3.63) is 57.6 Å². The Morgan fingerprint density at radius 1 is 1.08 bits per heavy atom. The lowest BCUT2D eigenvalue weighted by atomic mass is 9.85. The van der Waals surface area contributed by atoms with Crippen molar-refractivity contribution in [2.75, 3.05) is 14.2 Å². The van der Waals surface area contributed by atoms with Gasteiger partial charge in [0, 0.05) is 22.2 Å². The van der Waals surface area contributed by atoms with Crippen LogP contribution in [0.25, 0.3) is 0 Å². The molecule has 2 aromatic carbocycles. The molecule has 5 heteroatoms. The topological polar surface area (TPSA) is 30.8 Å². The average Bonchev–Trinajstić information content (AvgIpc) is 2.54. The lowest BCUT2D eigenvalue weighted by Gasteiger charge is -2.30. The van der Waals surface area contributed by atoms with Crippen LogP contribution in [-0.2, 0) is 12.8 Å². The molecule has 3 rings (SSSR count). The molecule has 2 aromatic rings. The van der Waals surface area contributed by atoms with Crippen LogP contribution in [0.15, 0.2) is 45.9 Å². The Bertz CT molecular complexity index is 802. The molecular weight excluding hydrogens is 402 g/mol. The largest absolute Gasteiger partial charge is 0.493 e. The quantitative estimate of drug-likeness (QED) is 0.671. The van der Waals surface area contributed by atoms with Crippen molar-refractivity contribution < 1.29 is 9.47 Å². The second kappa shape index (κ2) is 7.79. The molecule has 134 valence electrons. The zero-order valence-corrected chi connectivity index (χ0v) is 17.3. The summed E-state index contributed by atoms with van der Waals surface area (Å²) in [4.78, 5) is 5.02. The Balaban J connectivity index is 0.00000225. The van der Waals surface area contributed by atoms with E-state index in [2.05, 4.69) is 60.1 Å². The minimum absolute atomic E-state index is 0. The molecule has 0 fully saturated rings. The van der Waals surface area contributed by atoms with Gasteiger partial charge in [-0.15, -0.1) is 12.4 Å². The highest BCUT2D eigenvalue weighted by Gasteiger charge is 2.28. The van der Waals surface area contributed by atoms with Gasteiger partial charge in [-0.1, -0.05) is 34.1 Å². The Hall–Kier alpha value is -1.52. The van der Waals surface area contributed by atoms with Crippen LogP contribution in [0.1, 0.15) is 30.5 Å². The van der Waals surface area contributed by atoms with E-state index < -0.39 is 0 Å². The van der Waals surface area contributed by atoms with Crippen molar-refractivity contribution in [3.8, 4) is 11.5 Å². The van der Waals surface area contributed by atoms with Gasteiger partial charge in [0.25, 0.3) is 0 Å². The van der Waals surface area contributed by atoms with Gasteiger partial charge in [-0.05, 0) is 49.6 Å². The first kappa shape index (κ1) is 19.8. The zero-order valence-electron chi connectivity index (χ0n) is 14.9. The van der Waals surface area contributed by atoms with Crippen LogP contribution in [-0.4, -0.2) is 25.5 Å². The number of hydrogen-bond acceptors (Lipinski definition) is 3. The summed E-state index contributed by atoms with van der Waals surface area (Å²) in [6.45, 7) is 4.35. The fourth-order valence-electron chi connectivity index (χ4n) is 3.22. The smallest absolute Gasteiger partial charge is 0.161 e. The van der Waals surface area contributed by atoms with Crippen LogP contribution in [0.4, 0.5) is 0 Å². The number of nitrogens with zero attached hydrogens (tertiary/aromatic N) is 1. The van der Waals surface area contributed by atoms with Crippen molar-refractivity contribution in [2.24, 2.45) is 4.99 Å². The Morgan fingerprint density at radius 3 is 2.36 bits per heavy atom. The maximum absolute atomic E-state index is 5.49. The van der Waals surface area contributed by atoms with E-state index in [1.807, 2.05) is 6.07 Å². The second-order valence-corrected chi connectivity index (χ2v) is 7.53. The monoisotopic (exact) mass is 423 g/mol. The summed E-state index contributed by atoms with van der Waals surface area (Å²) in [5.74, 6) is 1.52. The third-order valence-corrected chi connectivity index (χ3v) is 5.07. The van der Waals surface area contributed by atoms with Crippen molar-refractivity contribution in [2.45, 2.75) is 32.2 Å². The van der Waals surface area contributed by atoms with E-state index in [1.165, 1.54) is 11.1 Å². The van der Waals surface area contributed by atoms with Crippen LogP contribution >= 0.6 is 28.3 Å². The van der Waals surface area contributed by atoms with Crippen LogP contribution in [0, 0.1) is 0 Å². The molecule has 25 heavy (non-hydrogen) atoms. The van der Waals surface area contributed by atoms with E-state index in [0.29, 0.717) is 0 Å². The first-order valence-corrected chi connectivity index (χ1v) is 8.80. The van der Waals surface area contributed by atoms with E-state index in [0.717, 1.165) is 40.1 Å². The summed E-state index contributed by atoms with van der Waals surface area (Å²) in [5.41, 5.74) is 4.62. The third kappa shape index (κ3) is 4.18. The first-order valence-electron chi connectivity index (χ1n) is 8.01. The highest BCUT2D eigenvalue weighted by Crippen LogP contribution is 2.36. The third-order valence-electron chi connectivity index (χ3n) is 4.30. The molecule has 0 aromatic heterocycles. The van der Waals surface area contributed by atoms with E-state index in [-0.39, 0.29) is 17.9 Å². The Kier molecular flexibility index (Phi) is 6.17. The molecule has 0 aliphatic carbocycles. The number of hydrogen-bond donors (Lipinski definition) is 0. The maximum atomic E-state index is 5.49. The molecule has 0 amide bonds. The molecule has 3 nitrogen and oxygen atoms in total. The molecule has 0 radical (unpaired) electrons. The fraction of sp³-hybridized carbons (Fsp3) is 0.350. The van der Waals surface area contributed by atoms with E-state index in [1.54, 1.807) is 14.2 Å². The summed E-state index contributed by atoms with van der Waals surface area (Å²) >= 11 is 3.64. The maximum Gasteiger partial charge on any atom is 0.161 e. The molecule has 0 N–H and O–H groups in total. The highest BCUT2D eigenvalue weighted by molar-refractivity contribution is 9.10. The normalized spacial score (nSPS) is 14.8. The molecule has 0 unspecified atom stereocenters. The summed E-state index contributed by atoms with van der Waals surface area (Å²) < 4.78 is 12.1. The summed E-state index contributed by atoms with van der Waals surface area (Å²) in [5, 5.41) is 0. The number of aliphatic imine (C=N–C) groups is 1. The molecule has 0 atom stereocenters. The van der Waals surface area contributed by atoms with Gasteiger partial charge in [0.2, 0.25) is 0 Å². The summed E-state index contributed by atoms with van der Waals surface area (Å²) in [6.07, 6.45) is 1.68. The number of ether oxygens (including phenoxy) is 2. The van der Waals surface area contributed by atoms with Crippen LogP contribution in [0.3, 0.4) is 0 Å². The number of rotatable bonds is 4. The minimum atomic E-state index is -0.122. The van der Waals surface area contributed by atoms with Crippen LogP contribution in [0.2, 0.25) is 0 Å². The van der Waals surface area contributed by atoms with Gasteiger partial charge in [-0.3, -0.25) is 4.99 Å².